The maximum Gasteiger partial charge on any atom is 0.138 e. The van der Waals surface area contributed by atoms with E-state index in [9.17, 15) is 0 Å². The van der Waals surface area contributed by atoms with Crippen LogP contribution in [0.25, 0.3) is 0 Å². The van der Waals surface area contributed by atoms with Gasteiger partial charge in [0.15, 0.2) is 0 Å². The third-order valence-electron chi connectivity index (χ3n) is 4.91. The predicted octanol–water partition coefficient (Wildman–Crippen LogP) is 5.32. The standard InChI is InChI=1S/C17H25Cl2NO/c1-4-9-20-15-11-16(17(15,5-2)6-3)21-14-8-7-12(18)10-13(14)19/h7-8,10,15-16,20H,4-6,9,11H2,1-3H3. The summed E-state index contributed by atoms with van der Waals surface area (Å²) >= 11 is 12.2. The molecule has 1 aromatic rings. The maximum absolute atomic E-state index is 6.23. The monoisotopic (exact) mass is 329 g/mol. The molecule has 0 bridgehead atoms. The number of halogens is 2. The molecular formula is C17H25Cl2NO. The Hall–Kier alpha value is -0.440. The van der Waals surface area contributed by atoms with E-state index in [4.69, 9.17) is 27.9 Å². The molecule has 0 saturated heterocycles. The quantitative estimate of drug-likeness (QED) is 0.730. The smallest absolute Gasteiger partial charge is 0.138 e. The summed E-state index contributed by atoms with van der Waals surface area (Å²) in [6, 6.07) is 5.98. The number of hydrogen-bond acceptors (Lipinski definition) is 2. The minimum absolute atomic E-state index is 0.206. The van der Waals surface area contributed by atoms with Crippen molar-refractivity contribution in [3.8, 4) is 5.75 Å². The highest BCUT2D eigenvalue weighted by atomic mass is 35.5. The highest BCUT2D eigenvalue weighted by Crippen LogP contribution is 2.49. The van der Waals surface area contributed by atoms with Crippen LogP contribution in [0.3, 0.4) is 0 Å². The first-order valence-electron chi connectivity index (χ1n) is 7.92. The molecule has 0 spiro atoms. The molecule has 1 aliphatic carbocycles. The van der Waals surface area contributed by atoms with Gasteiger partial charge in [-0.3, -0.25) is 0 Å². The molecule has 1 aliphatic rings. The molecule has 118 valence electrons. The summed E-state index contributed by atoms with van der Waals surface area (Å²) in [5.41, 5.74) is 0.206. The van der Waals surface area contributed by atoms with Crippen LogP contribution < -0.4 is 10.1 Å². The van der Waals surface area contributed by atoms with E-state index in [-0.39, 0.29) is 11.5 Å². The van der Waals surface area contributed by atoms with Crippen molar-refractivity contribution in [1.82, 2.24) is 5.32 Å². The SMILES string of the molecule is CCCNC1CC(Oc2ccc(Cl)cc2Cl)C1(CC)CC. The van der Waals surface area contributed by atoms with E-state index in [2.05, 4.69) is 26.1 Å². The van der Waals surface area contributed by atoms with E-state index in [0.29, 0.717) is 16.1 Å². The number of rotatable bonds is 7. The number of benzene rings is 1. The van der Waals surface area contributed by atoms with Crippen LogP contribution in [0.15, 0.2) is 18.2 Å². The van der Waals surface area contributed by atoms with E-state index in [0.717, 1.165) is 38.0 Å². The van der Waals surface area contributed by atoms with Crippen molar-refractivity contribution in [1.29, 1.82) is 0 Å². The molecule has 2 nitrogen and oxygen atoms in total. The molecule has 1 aromatic carbocycles. The van der Waals surface area contributed by atoms with E-state index in [1.54, 1.807) is 6.07 Å². The first-order chi connectivity index (χ1) is 10.1. The van der Waals surface area contributed by atoms with Gasteiger partial charge < -0.3 is 10.1 Å². The van der Waals surface area contributed by atoms with Gasteiger partial charge in [-0.15, -0.1) is 0 Å². The minimum Gasteiger partial charge on any atom is -0.488 e. The van der Waals surface area contributed by atoms with Crippen LogP contribution >= 0.6 is 23.2 Å². The first kappa shape index (κ1) is 16.9. The Morgan fingerprint density at radius 1 is 1.24 bits per heavy atom. The molecule has 1 fully saturated rings. The summed E-state index contributed by atoms with van der Waals surface area (Å²) in [6.45, 7) is 7.78. The van der Waals surface area contributed by atoms with E-state index in [1.165, 1.54) is 0 Å². The maximum atomic E-state index is 6.23. The van der Waals surface area contributed by atoms with Gasteiger partial charge in [0.1, 0.15) is 11.9 Å². The van der Waals surface area contributed by atoms with Crippen molar-refractivity contribution in [2.45, 2.75) is 58.6 Å². The third-order valence-corrected chi connectivity index (χ3v) is 5.44. The van der Waals surface area contributed by atoms with Crippen LogP contribution in [0.1, 0.15) is 46.5 Å². The second-order valence-corrected chi connectivity index (χ2v) is 6.71. The molecule has 0 heterocycles. The summed E-state index contributed by atoms with van der Waals surface area (Å²) in [4.78, 5) is 0. The lowest BCUT2D eigenvalue weighted by molar-refractivity contribution is -0.0857. The summed E-state index contributed by atoms with van der Waals surface area (Å²) in [5, 5.41) is 4.90. The van der Waals surface area contributed by atoms with Crippen LogP contribution in [0.5, 0.6) is 5.75 Å². The zero-order valence-corrected chi connectivity index (χ0v) is 14.6. The summed E-state index contributed by atoms with van der Waals surface area (Å²) < 4.78 is 6.21. The van der Waals surface area contributed by atoms with Gasteiger partial charge in [-0.25, -0.2) is 0 Å². The van der Waals surface area contributed by atoms with Crippen LogP contribution in [0, 0.1) is 5.41 Å². The van der Waals surface area contributed by atoms with Gasteiger partial charge in [0.2, 0.25) is 0 Å². The second kappa shape index (κ2) is 7.21. The van der Waals surface area contributed by atoms with Gasteiger partial charge in [-0.2, -0.15) is 0 Å². The lowest BCUT2D eigenvalue weighted by Gasteiger charge is -2.55. The minimum atomic E-state index is 0.206. The van der Waals surface area contributed by atoms with Gasteiger partial charge in [-0.05, 0) is 44.0 Å². The average molecular weight is 330 g/mol. The van der Waals surface area contributed by atoms with Crippen LogP contribution in [-0.4, -0.2) is 18.7 Å². The number of ether oxygens (including phenoxy) is 1. The van der Waals surface area contributed by atoms with Gasteiger partial charge in [0.25, 0.3) is 0 Å². The molecule has 0 aliphatic heterocycles. The predicted molar refractivity (Wildman–Crippen MR) is 90.6 cm³/mol. The molecule has 1 N–H and O–H groups in total. The molecule has 2 atom stereocenters. The van der Waals surface area contributed by atoms with Gasteiger partial charge >= 0.3 is 0 Å². The van der Waals surface area contributed by atoms with Crippen molar-refractivity contribution in [2.24, 2.45) is 5.41 Å². The van der Waals surface area contributed by atoms with E-state index in [1.807, 2.05) is 12.1 Å². The molecule has 0 amide bonds. The third kappa shape index (κ3) is 3.33. The molecule has 0 radical (unpaired) electrons. The topological polar surface area (TPSA) is 21.3 Å². The van der Waals surface area contributed by atoms with Gasteiger partial charge in [-0.1, -0.05) is 44.0 Å². The first-order valence-corrected chi connectivity index (χ1v) is 8.68. The van der Waals surface area contributed by atoms with E-state index < -0.39 is 0 Å². The van der Waals surface area contributed by atoms with Gasteiger partial charge in [0.05, 0.1) is 5.02 Å². The average Bonchev–Trinajstić information content (AvgIpc) is 2.45. The highest BCUT2D eigenvalue weighted by molar-refractivity contribution is 6.35. The van der Waals surface area contributed by atoms with Crippen molar-refractivity contribution < 1.29 is 4.74 Å². The molecule has 0 aromatic heterocycles. The van der Waals surface area contributed by atoms with Crippen molar-refractivity contribution in [3.05, 3.63) is 28.2 Å². The summed E-state index contributed by atoms with van der Waals surface area (Å²) in [5.74, 6) is 0.742. The molecule has 21 heavy (non-hydrogen) atoms. The number of nitrogens with one attached hydrogen (secondary N) is 1. The van der Waals surface area contributed by atoms with Crippen molar-refractivity contribution in [3.63, 3.8) is 0 Å². The lowest BCUT2D eigenvalue weighted by Crippen LogP contribution is -2.64. The highest BCUT2D eigenvalue weighted by Gasteiger charge is 2.54. The molecule has 1 saturated carbocycles. The fraction of sp³-hybridized carbons (Fsp3) is 0.647. The Kier molecular flexibility index (Phi) is 5.81. The zero-order chi connectivity index (χ0) is 15.5. The van der Waals surface area contributed by atoms with Crippen molar-refractivity contribution in [2.75, 3.05) is 6.54 Å². The number of hydrogen-bond donors (Lipinski definition) is 1. The van der Waals surface area contributed by atoms with Crippen LogP contribution in [0.2, 0.25) is 10.0 Å². The molecule has 2 rings (SSSR count). The van der Waals surface area contributed by atoms with E-state index >= 15 is 0 Å². The molecule has 4 heteroatoms. The second-order valence-electron chi connectivity index (χ2n) is 5.86. The Labute approximate surface area is 138 Å². The van der Waals surface area contributed by atoms with Gasteiger partial charge in [0, 0.05) is 22.9 Å². The lowest BCUT2D eigenvalue weighted by atomic mass is 9.58. The molecule has 2 unspecified atom stereocenters. The fourth-order valence-electron chi connectivity index (χ4n) is 3.44. The Balaban J connectivity index is 2.09. The fourth-order valence-corrected chi connectivity index (χ4v) is 3.89. The Morgan fingerprint density at radius 2 is 1.95 bits per heavy atom. The molecular weight excluding hydrogens is 305 g/mol. The van der Waals surface area contributed by atoms with Crippen molar-refractivity contribution >= 4 is 23.2 Å². The normalized spacial score (nSPS) is 23.7. The Morgan fingerprint density at radius 3 is 2.52 bits per heavy atom. The largest absolute Gasteiger partial charge is 0.488 e. The zero-order valence-electron chi connectivity index (χ0n) is 13.1. The Bertz CT molecular complexity index is 474. The van der Waals surface area contributed by atoms with Crippen LogP contribution in [-0.2, 0) is 0 Å². The van der Waals surface area contributed by atoms with Crippen LogP contribution in [0.4, 0.5) is 0 Å². The summed E-state index contributed by atoms with van der Waals surface area (Å²) in [7, 11) is 0. The summed E-state index contributed by atoms with van der Waals surface area (Å²) in [6.07, 6.45) is 4.65.